The minimum absolute atomic E-state index is 0.0225. The van der Waals surface area contributed by atoms with E-state index in [4.69, 9.17) is 9.05 Å². The Kier molecular flexibility index (Phi) is 55.4. The molecule has 1 amide bonds. The van der Waals surface area contributed by atoms with E-state index in [1.165, 1.54) is 57.8 Å². The fourth-order valence-electron chi connectivity index (χ4n) is 7.83. The number of nitrogens with zero attached hydrogens (tertiary/aromatic N) is 1. The van der Waals surface area contributed by atoms with Crippen molar-refractivity contribution in [3.63, 3.8) is 0 Å². The molecule has 3 unspecified atom stereocenters. The smallest absolute Gasteiger partial charge is 0.268 e. The Bertz CT molecular complexity index is 1890. The zero-order valence-electron chi connectivity index (χ0n) is 50.7. The van der Waals surface area contributed by atoms with Gasteiger partial charge in [-0.3, -0.25) is 9.36 Å². The number of nitrogens with one attached hydrogen (secondary N) is 1. The normalized spacial score (nSPS) is 15.0. The highest BCUT2D eigenvalue weighted by Gasteiger charge is 2.23. The van der Waals surface area contributed by atoms with E-state index in [9.17, 15) is 19.4 Å². The van der Waals surface area contributed by atoms with Gasteiger partial charge < -0.3 is 28.8 Å². The zero-order valence-corrected chi connectivity index (χ0v) is 51.6. The lowest BCUT2D eigenvalue weighted by Crippen LogP contribution is -2.45. The number of phosphoric ester groups is 1. The molecule has 0 bridgehead atoms. The number of carbonyl (C=O) groups excluding carboxylic acids is 1. The number of amides is 1. The summed E-state index contributed by atoms with van der Waals surface area (Å²) < 4.78 is 23.3. The van der Waals surface area contributed by atoms with Crippen LogP contribution in [0.1, 0.15) is 213 Å². The van der Waals surface area contributed by atoms with Gasteiger partial charge in [-0.05, 0) is 128 Å². The molecular weight excluding hydrogens is 996 g/mol. The van der Waals surface area contributed by atoms with Crippen LogP contribution in [0.2, 0.25) is 0 Å². The van der Waals surface area contributed by atoms with Gasteiger partial charge in [-0.25, -0.2) is 0 Å². The molecule has 8 nitrogen and oxygen atoms in total. The second-order valence-electron chi connectivity index (χ2n) is 21.3. The van der Waals surface area contributed by atoms with Gasteiger partial charge in [0.25, 0.3) is 7.82 Å². The summed E-state index contributed by atoms with van der Waals surface area (Å²) in [7, 11) is 1.19. The number of likely N-dealkylation sites (N-methyl/N-ethyl adjacent to an activating group) is 1. The standard InChI is InChI=1S/C70H115N2O6P/c1-6-8-10-12-14-16-18-20-22-24-26-27-28-29-30-31-32-33-34-35-36-37-38-39-40-41-42-43-44-45-46-48-50-52-54-56-58-60-62-64-70(74)71-68(67-78-79(75,76)77-66-65-72(3,4)5)69(73)63-61-59-57-55-53-51-49-47-25-23-21-19-17-15-13-11-9-7-2/h8,10,14,16,20,22,25-27,29-30,32-33,35-36,38-39,41-42,44-45,47-48,50,53,55,61,63,68-69,73H,6-7,9,11-13,15,17-19,21,23-24,28,31,34,37,40,43,46,49,51-52,54,56-60,62,64-67H2,1-5H3,(H-,71,74,75,76)/b10-8-,16-14-,22-20-,27-26-,30-29-,33-32-,36-35-,39-38-,42-41-,45-44-,47-25+,50-48-,55-53+,63-61+. The summed E-state index contributed by atoms with van der Waals surface area (Å²) in [6.07, 6.45) is 93.0. The molecule has 0 saturated carbocycles. The first-order valence-electron chi connectivity index (χ1n) is 31.0. The number of allylic oxidation sites excluding steroid dienone is 27. The number of aliphatic hydroxyl groups is 1. The maximum Gasteiger partial charge on any atom is 0.268 e. The van der Waals surface area contributed by atoms with Gasteiger partial charge in [0, 0.05) is 6.42 Å². The lowest BCUT2D eigenvalue weighted by atomic mass is 10.1. The van der Waals surface area contributed by atoms with Gasteiger partial charge in [-0.1, -0.05) is 248 Å². The molecule has 0 rings (SSSR count). The van der Waals surface area contributed by atoms with E-state index in [1.807, 2.05) is 27.2 Å². The number of rotatable bonds is 54. The third-order valence-corrected chi connectivity index (χ3v) is 13.6. The predicted octanol–water partition coefficient (Wildman–Crippen LogP) is 19.0. The first kappa shape index (κ1) is 74.9. The van der Waals surface area contributed by atoms with Crippen molar-refractivity contribution in [2.75, 3.05) is 40.9 Å². The van der Waals surface area contributed by atoms with Crippen molar-refractivity contribution in [1.82, 2.24) is 5.32 Å². The van der Waals surface area contributed by atoms with Gasteiger partial charge >= 0.3 is 0 Å². The van der Waals surface area contributed by atoms with Crippen LogP contribution in [0.3, 0.4) is 0 Å². The van der Waals surface area contributed by atoms with E-state index in [0.29, 0.717) is 23.9 Å². The molecule has 446 valence electrons. The van der Waals surface area contributed by atoms with Crippen molar-refractivity contribution >= 4 is 13.7 Å². The first-order chi connectivity index (χ1) is 38.5. The van der Waals surface area contributed by atoms with Crippen LogP contribution in [-0.4, -0.2) is 68.5 Å². The van der Waals surface area contributed by atoms with E-state index in [0.717, 1.165) is 128 Å². The average Bonchev–Trinajstić information content (AvgIpc) is 3.42. The van der Waals surface area contributed by atoms with Crippen molar-refractivity contribution in [3.05, 3.63) is 170 Å². The summed E-state index contributed by atoms with van der Waals surface area (Å²) in [5.74, 6) is -0.238. The number of carbonyl (C=O) groups is 1. The molecule has 0 spiro atoms. The molecule has 0 aromatic carbocycles. The zero-order chi connectivity index (χ0) is 57.7. The topological polar surface area (TPSA) is 108 Å². The minimum Gasteiger partial charge on any atom is -0.756 e. The highest BCUT2D eigenvalue weighted by atomic mass is 31.2. The molecule has 9 heteroatoms. The van der Waals surface area contributed by atoms with Crippen LogP contribution in [0, 0.1) is 0 Å². The Morgan fingerprint density at radius 1 is 0.456 bits per heavy atom. The van der Waals surface area contributed by atoms with Crippen molar-refractivity contribution in [3.8, 4) is 0 Å². The van der Waals surface area contributed by atoms with Gasteiger partial charge in [0.2, 0.25) is 5.91 Å². The lowest BCUT2D eigenvalue weighted by molar-refractivity contribution is -0.870. The number of unbranched alkanes of at least 4 members (excludes halogenated alkanes) is 15. The third-order valence-electron chi connectivity index (χ3n) is 12.6. The number of phosphoric acid groups is 1. The molecule has 0 aliphatic carbocycles. The van der Waals surface area contributed by atoms with Crippen molar-refractivity contribution < 1.29 is 32.9 Å². The van der Waals surface area contributed by atoms with Crippen LogP contribution in [-0.2, 0) is 18.4 Å². The quantitative estimate of drug-likeness (QED) is 0.0272. The maximum absolute atomic E-state index is 13.0. The maximum atomic E-state index is 13.0. The van der Waals surface area contributed by atoms with Crippen LogP contribution in [0.4, 0.5) is 0 Å². The largest absolute Gasteiger partial charge is 0.756 e. The van der Waals surface area contributed by atoms with Gasteiger partial charge in [0.05, 0.1) is 39.9 Å². The Labute approximate surface area is 485 Å². The Morgan fingerprint density at radius 2 is 0.785 bits per heavy atom. The summed E-state index contributed by atoms with van der Waals surface area (Å²) in [6.45, 7) is 4.46. The summed E-state index contributed by atoms with van der Waals surface area (Å²) >= 11 is 0. The molecule has 0 aromatic heterocycles. The summed E-state index contributed by atoms with van der Waals surface area (Å²) in [4.78, 5) is 25.5. The van der Waals surface area contributed by atoms with Crippen molar-refractivity contribution in [2.45, 2.75) is 225 Å². The second kappa shape index (κ2) is 58.5. The van der Waals surface area contributed by atoms with Gasteiger partial charge in [0.1, 0.15) is 13.2 Å². The summed E-state index contributed by atoms with van der Waals surface area (Å²) in [6, 6.07) is -0.934. The highest BCUT2D eigenvalue weighted by molar-refractivity contribution is 7.45. The molecule has 0 aromatic rings. The molecule has 0 fully saturated rings. The van der Waals surface area contributed by atoms with E-state index in [1.54, 1.807) is 6.08 Å². The van der Waals surface area contributed by atoms with E-state index >= 15 is 0 Å². The van der Waals surface area contributed by atoms with Gasteiger partial charge in [0.15, 0.2) is 0 Å². The molecule has 79 heavy (non-hydrogen) atoms. The third kappa shape index (κ3) is 61.3. The minimum atomic E-state index is -4.63. The first-order valence-corrected chi connectivity index (χ1v) is 32.5. The molecule has 0 saturated heterocycles. The molecular formula is C70H115N2O6P. The van der Waals surface area contributed by atoms with Crippen LogP contribution in [0.5, 0.6) is 0 Å². The Balaban J connectivity index is 4.28. The van der Waals surface area contributed by atoms with Crippen LogP contribution >= 0.6 is 7.82 Å². The number of quaternary nitrogens is 1. The van der Waals surface area contributed by atoms with Crippen LogP contribution in [0.15, 0.2) is 170 Å². The number of hydrogen-bond donors (Lipinski definition) is 2. The van der Waals surface area contributed by atoms with Crippen LogP contribution in [0.25, 0.3) is 0 Å². The molecule has 0 heterocycles. The molecule has 3 atom stereocenters. The summed E-state index contributed by atoms with van der Waals surface area (Å²) in [5.41, 5.74) is 0. The van der Waals surface area contributed by atoms with Gasteiger partial charge in [-0.15, -0.1) is 0 Å². The number of hydrogen-bond acceptors (Lipinski definition) is 6. The second-order valence-corrected chi connectivity index (χ2v) is 22.7. The van der Waals surface area contributed by atoms with E-state index in [2.05, 4.69) is 177 Å². The van der Waals surface area contributed by atoms with Crippen molar-refractivity contribution in [2.24, 2.45) is 0 Å². The monoisotopic (exact) mass is 1110 g/mol. The predicted molar refractivity (Wildman–Crippen MR) is 343 cm³/mol. The highest BCUT2D eigenvalue weighted by Crippen LogP contribution is 2.38. The van der Waals surface area contributed by atoms with Crippen molar-refractivity contribution in [1.29, 1.82) is 0 Å². The van der Waals surface area contributed by atoms with E-state index in [-0.39, 0.29) is 12.5 Å². The average molecular weight is 1110 g/mol. The lowest BCUT2D eigenvalue weighted by Gasteiger charge is -2.29. The van der Waals surface area contributed by atoms with Gasteiger partial charge in [-0.2, -0.15) is 0 Å². The van der Waals surface area contributed by atoms with E-state index < -0.39 is 26.6 Å². The number of aliphatic hydroxyl groups excluding tert-OH is 1. The SMILES string of the molecule is CC/C=C\C/C=C\C/C=C\C/C=C\C/C=C\C/C=C\C/C=C\C/C=C\C/C=C\C/C=C\C/C=C\CCCCCCCC(=O)NC(COP(=O)([O-])OCC[N+](C)(C)C)C(O)/C=C/CC/C=C/CC/C=C/CCCCCCCCCC. The van der Waals surface area contributed by atoms with Crippen LogP contribution < -0.4 is 10.2 Å². The summed E-state index contributed by atoms with van der Waals surface area (Å²) in [5, 5.41) is 13.8. The fraction of sp³-hybridized carbons (Fsp3) is 0.586. The Morgan fingerprint density at radius 3 is 1.18 bits per heavy atom. The molecule has 2 N–H and O–H groups in total. The molecule has 0 aliphatic rings. The molecule has 0 aliphatic heterocycles. The molecule has 0 radical (unpaired) electrons. The Hall–Kier alpha value is -4.14. The fourth-order valence-corrected chi connectivity index (χ4v) is 8.56.